The first kappa shape index (κ1) is 20.4. The molecular weight excluding hydrogens is 374 g/mol. The standard InChI is InChI=1S/C20H25N5O4/c1-3-4-10-29-19-23-17(21)16-18(24-19)25(20(27)22-16)9-8-13-6-5-7-14(11-13)12-15(26)28-2/h5-7,11H,3-4,8-10,12H2,1-2H3,(H,22,27)(H2,21,23,24). The number of nitrogens with zero attached hydrogens (tertiary/aromatic N) is 4. The summed E-state index contributed by atoms with van der Waals surface area (Å²) in [6.07, 6.45) is 2.69. The maximum absolute atomic E-state index is 11.5. The Hall–Kier alpha value is -3.36. The smallest absolute Gasteiger partial charge is 0.320 e. The Morgan fingerprint density at radius 1 is 1.24 bits per heavy atom. The van der Waals surface area contributed by atoms with Gasteiger partial charge in [-0.25, -0.2) is 0 Å². The number of fused-ring (bicyclic) bond motifs is 1. The van der Waals surface area contributed by atoms with E-state index in [0.29, 0.717) is 30.7 Å². The van der Waals surface area contributed by atoms with Crippen molar-refractivity contribution in [1.29, 1.82) is 0 Å². The lowest BCUT2D eigenvalue weighted by atomic mass is 10.1. The Balaban J connectivity index is 1.80. The van der Waals surface area contributed by atoms with Gasteiger partial charge in [0.2, 0.25) is 0 Å². The largest absolute Gasteiger partial charge is 0.480 e. The van der Waals surface area contributed by atoms with Crippen LogP contribution in [0.4, 0.5) is 5.82 Å². The van der Waals surface area contributed by atoms with E-state index in [-0.39, 0.29) is 30.2 Å². The molecular formula is C20H25N5O4. The number of methoxy groups -OCH3 is 1. The molecule has 9 heteroatoms. The van der Waals surface area contributed by atoms with E-state index in [1.807, 2.05) is 24.3 Å². The molecule has 3 rings (SSSR count). The molecule has 0 saturated carbocycles. The maximum atomic E-state index is 11.5. The van der Waals surface area contributed by atoms with Crippen LogP contribution in [0.3, 0.4) is 0 Å². The number of aryl methyl sites for hydroxylation is 2. The van der Waals surface area contributed by atoms with Gasteiger partial charge in [-0.2, -0.15) is 15.0 Å². The third-order valence-electron chi connectivity index (χ3n) is 4.50. The molecule has 29 heavy (non-hydrogen) atoms. The summed E-state index contributed by atoms with van der Waals surface area (Å²) in [6, 6.07) is 7.65. The van der Waals surface area contributed by atoms with Gasteiger partial charge in [0, 0.05) is 6.54 Å². The van der Waals surface area contributed by atoms with Gasteiger partial charge in [-0.1, -0.05) is 37.6 Å². The molecule has 0 atom stereocenters. The number of esters is 1. The number of nitrogens with two attached hydrogens (primary N) is 1. The molecule has 0 aliphatic rings. The summed E-state index contributed by atoms with van der Waals surface area (Å²) in [6.45, 7) is 2.98. The molecule has 9 nitrogen and oxygen atoms in total. The minimum Gasteiger partial charge on any atom is -0.480 e. The predicted molar refractivity (Wildman–Crippen MR) is 108 cm³/mol. The van der Waals surface area contributed by atoms with Crippen molar-refractivity contribution in [2.75, 3.05) is 19.5 Å². The number of rotatable bonds is 9. The van der Waals surface area contributed by atoms with Gasteiger partial charge in [0.25, 0.3) is 6.01 Å². The zero-order valence-corrected chi connectivity index (χ0v) is 16.6. The van der Waals surface area contributed by atoms with Gasteiger partial charge in [0.05, 0.1) is 20.1 Å². The Kier molecular flexibility index (Phi) is 6.48. The van der Waals surface area contributed by atoms with Crippen LogP contribution in [0.1, 0.15) is 30.9 Å². The van der Waals surface area contributed by atoms with Gasteiger partial charge in [-0.05, 0) is 24.0 Å². The molecule has 0 unspecified atom stereocenters. The lowest BCUT2D eigenvalue weighted by molar-refractivity contribution is -0.139. The summed E-state index contributed by atoms with van der Waals surface area (Å²) < 4.78 is 11.8. The molecule has 2 aromatic heterocycles. The summed E-state index contributed by atoms with van der Waals surface area (Å²) in [4.78, 5) is 24.0. The molecule has 3 N–H and O–H groups in total. The first-order valence-corrected chi connectivity index (χ1v) is 9.52. The number of anilines is 1. The van der Waals surface area contributed by atoms with Crippen molar-refractivity contribution in [2.45, 2.75) is 39.2 Å². The van der Waals surface area contributed by atoms with Gasteiger partial charge in [0.1, 0.15) is 0 Å². The fourth-order valence-corrected chi connectivity index (χ4v) is 2.94. The van der Waals surface area contributed by atoms with Crippen molar-refractivity contribution in [1.82, 2.24) is 19.5 Å². The van der Waals surface area contributed by atoms with E-state index in [1.165, 1.54) is 7.11 Å². The molecule has 0 amide bonds. The van der Waals surface area contributed by atoms with E-state index in [0.717, 1.165) is 24.0 Å². The fraction of sp³-hybridized carbons (Fsp3) is 0.400. The van der Waals surface area contributed by atoms with Gasteiger partial charge < -0.3 is 20.3 Å². The first-order chi connectivity index (χ1) is 14.0. The summed E-state index contributed by atoms with van der Waals surface area (Å²) in [5.74, 6) is -0.126. The highest BCUT2D eigenvalue weighted by molar-refractivity contribution is 5.83. The first-order valence-electron chi connectivity index (χ1n) is 9.52. The third-order valence-corrected chi connectivity index (χ3v) is 4.50. The molecule has 3 aromatic rings. The third kappa shape index (κ3) is 4.92. The van der Waals surface area contributed by atoms with Crippen molar-refractivity contribution in [3.05, 3.63) is 35.4 Å². The van der Waals surface area contributed by atoms with Crippen LogP contribution < -0.4 is 10.5 Å². The second-order valence-corrected chi connectivity index (χ2v) is 6.65. The van der Waals surface area contributed by atoms with E-state index < -0.39 is 0 Å². The van der Waals surface area contributed by atoms with Crippen LogP contribution in [0.2, 0.25) is 0 Å². The lowest BCUT2D eigenvalue weighted by Crippen LogP contribution is -2.07. The maximum Gasteiger partial charge on any atom is 0.320 e. The van der Waals surface area contributed by atoms with E-state index >= 15 is 0 Å². The van der Waals surface area contributed by atoms with Gasteiger partial charge >= 0.3 is 12.0 Å². The molecule has 0 bridgehead atoms. The summed E-state index contributed by atoms with van der Waals surface area (Å²) in [7, 11) is 1.37. The highest BCUT2D eigenvalue weighted by Crippen LogP contribution is 2.25. The average Bonchev–Trinajstić information content (AvgIpc) is 3.02. The summed E-state index contributed by atoms with van der Waals surface area (Å²) in [5.41, 5.74) is 8.61. The molecule has 1 aromatic carbocycles. The number of aromatic nitrogens is 4. The molecule has 0 aliphatic carbocycles. The van der Waals surface area contributed by atoms with Gasteiger partial charge in [0.15, 0.2) is 17.0 Å². The second-order valence-electron chi connectivity index (χ2n) is 6.65. The number of ether oxygens (including phenoxy) is 2. The monoisotopic (exact) mass is 399 g/mol. The Bertz CT molecular complexity index is 1000. The number of benzene rings is 1. The van der Waals surface area contributed by atoms with Crippen LogP contribution >= 0.6 is 0 Å². The van der Waals surface area contributed by atoms with Crippen LogP contribution in [0.15, 0.2) is 24.3 Å². The number of aromatic hydroxyl groups is 1. The number of carbonyl (C=O) groups excluding carboxylic acids is 1. The summed E-state index contributed by atoms with van der Waals surface area (Å²) in [5, 5.41) is 10.3. The van der Waals surface area contributed by atoms with E-state index in [1.54, 1.807) is 4.57 Å². The minimum absolute atomic E-state index is 0.163. The quantitative estimate of drug-likeness (QED) is 0.414. The Labute approximate surface area is 168 Å². The van der Waals surface area contributed by atoms with Crippen molar-refractivity contribution in [2.24, 2.45) is 0 Å². The summed E-state index contributed by atoms with van der Waals surface area (Å²) >= 11 is 0. The van der Waals surface area contributed by atoms with Crippen LogP contribution in [-0.4, -0.2) is 44.3 Å². The van der Waals surface area contributed by atoms with Crippen molar-refractivity contribution < 1.29 is 19.4 Å². The zero-order valence-electron chi connectivity index (χ0n) is 16.6. The number of carbonyl (C=O) groups is 1. The number of hydrogen-bond donors (Lipinski definition) is 2. The topological polar surface area (TPSA) is 125 Å². The van der Waals surface area contributed by atoms with Crippen LogP contribution in [0, 0.1) is 0 Å². The van der Waals surface area contributed by atoms with Crippen LogP contribution in [-0.2, 0) is 28.9 Å². The van der Waals surface area contributed by atoms with E-state index in [2.05, 4.69) is 21.9 Å². The molecule has 154 valence electrons. The van der Waals surface area contributed by atoms with Crippen molar-refractivity contribution in [3.63, 3.8) is 0 Å². The van der Waals surface area contributed by atoms with Crippen molar-refractivity contribution >= 4 is 23.0 Å². The normalized spacial score (nSPS) is 11.0. The fourth-order valence-electron chi connectivity index (χ4n) is 2.94. The molecule has 0 fully saturated rings. The Morgan fingerprint density at radius 2 is 2.03 bits per heavy atom. The Morgan fingerprint density at radius 3 is 2.79 bits per heavy atom. The van der Waals surface area contributed by atoms with Gasteiger partial charge in [-0.15, -0.1) is 0 Å². The molecule has 0 spiro atoms. The lowest BCUT2D eigenvalue weighted by Gasteiger charge is -2.08. The highest BCUT2D eigenvalue weighted by atomic mass is 16.5. The highest BCUT2D eigenvalue weighted by Gasteiger charge is 2.17. The molecule has 0 radical (unpaired) electrons. The van der Waals surface area contributed by atoms with Crippen LogP contribution in [0.25, 0.3) is 11.2 Å². The molecule has 2 heterocycles. The van der Waals surface area contributed by atoms with E-state index in [9.17, 15) is 9.90 Å². The van der Waals surface area contributed by atoms with Crippen molar-refractivity contribution in [3.8, 4) is 12.0 Å². The van der Waals surface area contributed by atoms with E-state index in [4.69, 9.17) is 15.2 Å². The number of hydrogen-bond acceptors (Lipinski definition) is 8. The average molecular weight is 399 g/mol. The number of imidazole rings is 1. The van der Waals surface area contributed by atoms with Gasteiger partial charge in [-0.3, -0.25) is 9.36 Å². The molecule has 0 aliphatic heterocycles. The number of unbranched alkanes of at least 4 members (excludes halogenated alkanes) is 1. The minimum atomic E-state index is -0.289. The second kappa shape index (κ2) is 9.22. The zero-order chi connectivity index (χ0) is 20.8. The number of nitrogen functional groups attached to an aromatic ring is 1. The predicted octanol–water partition coefficient (Wildman–Crippen LogP) is 2.25. The molecule has 0 saturated heterocycles. The van der Waals surface area contributed by atoms with Crippen LogP contribution in [0.5, 0.6) is 12.0 Å². The SMILES string of the molecule is CCCCOc1nc(N)c2nc(O)n(CCc3cccc(CC(=O)OC)c3)c2n1.